The van der Waals surface area contributed by atoms with E-state index in [2.05, 4.69) is 15.3 Å². The minimum Gasteiger partial charge on any atom is -0.502 e. The lowest BCUT2D eigenvalue weighted by Gasteiger charge is -2.06. The molecule has 0 aliphatic heterocycles. The van der Waals surface area contributed by atoms with Crippen LogP contribution in [0.5, 0.6) is 5.75 Å². The van der Waals surface area contributed by atoms with Crippen molar-refractivity contribution >= 4 is 28.3 Å². The summed E-state index contributed by atoms with van der Waals surface area (Å²) >= 11 is 0. The van der Waals surface area contributed by atoms with Gasteiger partial charge in [0.25, 0.3) is 5.91 Å². The number of nitrogens with zero attached hydrogens (tertiary/aromatic N) is 2. The number of phenols is 1. The molecule has 0 bridgehead atoms. The van der Waals surface area contributed by atoms with Gasteiger partial charge in [-0.15, -0.1) is 0 Å². The summed E-state index contributed by atoms with van der Waals surface area (Å²) in [6.45, 7) is 0. The number of hydrogen-bond acceptors (Lipinski definition) is 5. The van der Waals surface area contributed by atoms with Gasteiger partial charge >= 0.3 is 5.69 Å². The van der Waals surface area contributed by atoms with Crippen LogP contribution in [0, 0.1) is 10.1 Å². The molecule has 0 spiro atoms. The van der Waals surface area contributed by atoms with Crippen molar-refractivity contribution in [3.8, 4) is 5.75 Å². The Morgan fingerprint density at radius 3 is 2.86 bits per heavy atom. The Morgan fingerprint density at radius 1 is 1.32 bits per heavy atom. The molecule has 1 heterocycles. The van der Waals surface area contributed by atoms with Crippen molar-refractivity contribution in [2.45, 2.75) is 0 Å². The first-order chi connectivity index (χ1) is 10.6. The average molecular weight is 298 g/mol. The second-order valence-electron chi connectivity index (χ2n) is 4.52. The molecule has 22 heavy (non-hydrogen) atoms. The Hall–Kier alpha value is -3.42. The standard InChI is InChI=1S/C14H10N4O4/c19-12-6-8(4-5-11(12)18(21)22)14(20)17-10-3-1-2-9-13(10)16-7-15-9/h1-7,19H,(H,15,16)(H,17,20). The predicted molar refractivity (Wildman–Crippen MR) is 78.8 cm³/mol. The quantitative estimate of drug-likeness (QED) is 0.506. The van der Waals surface area contributed by atoms with E-state index in [1.165, 1.54) is 12.4 Å². The van der Waals surface area contributed by atoms with Gasteiger partial charge in [-0.2, -0.15) is 0 Å². The number of benzene rings is 2. The Balaban J connectivity index is 1.90. The first-order valence-corrected chi connectivity index (χ1v) is 6.27. The minimum absolute atomic E-state index is 0.107. The summed E-state index contributed by atoms with van der Waals surface area (Å²) < 4.78 is 0. The Kier molecular flexibility index (Phi) is 3.18. The molecule has 0 aliphatic rings. The molecule has 1 amide bonds. The first kappa shape index (κ1) is 13.6. The van der Waals surface area contributed by atoms with Crippen LogP contribution >= 0.6 is 0 Å². The normalized spacial score (nSPS) is 10.5. The predicted octanol–water partition coefficient (Wildman–Crippen LogP) is 2.43. The highest BCUT2D eigenvalue weighted by atomic mass is 16.6. The molecular formula is C14H10N4O4. The Labute approximate surface area is 123 Å². The van der Waals surface area contributed by atoms with Crippen molar-refractivity contribution < 1.29 is 14.8 Å². The van der Waals surface area contributed by atoms with Crippen LogP contribution in [0.25, 0.3) is 11.0 Å². The molecule has 1 aromatic heterocycles. The maximum absolute atomic E-state index is 12.2. The van der Waals surface area contributed by atoms with E-state index in [4.69, 9.17) is 0 Å². The zero-order valence-corrected chi connectivity index (χ0v) is 11.1. The number of imidazole rings is 1. The number of carbonyl (C=O) groups excluding carboxylic acids is 1. The number of aromatic nitrogens is 2. The number of nitrogens with one attached hydrogen (secondary N) is 2. The van der Waals surface area contributed by atoms with E-state index in [0.717, 1.165) is 17.6 Å². The minimum atomic E-state index is -0.721. The SMILES string of the molecule is O=C(Nc1cccc2[nH]cnc12)c1ccc([N+](=O)[O-])c(O)c1. The van der Waals surface area contributed by atoms with Crippen molar-refractivity contribution in [3.05, 3.63) is 58.4 Å². The van der Waals surface area contributed by atoms with E-state index in [1.54, 1.807) is 12.1 Å². The lowest BCUT2D eigenvalue weighted by Crippen LogP contribution is -2.12. The molecule has 8 heteroatoms. The maximum atomic E-state index is 12.2. The number of nitro groups is 1. The van der Waals surface area contributed by atoms with Gasteiger partial charge in [0.05, 0.1) is 22.5 Å². The van der Waals surface area contributed by atoms with Crippen LogP contribution in [0.4, 0.5) is 11.4 Å². The summed E-state index contributed by atoms with van der Waals surface area (Å²) in [6, 6.07) is 8.67. The first-order valence-electron chi connectivity index (χ1n) is 6.27. The van der Waals surface area contributed by atoms with Gasteiger partial charge in [0.15, 0.2) is 5.75 Å². The third kappa shape index (κ3) is 2.33. The van der Waals surface area contributed by atoms with Gasteiger partial charge in [0, 0.05) is 11.6 Å². The fourth-order valence-corrected chi connectivity index (χ4v) is 2.08. The average Bonchev–Trinajstić information content (AvgIpc) is 2.96. The summed E-state index contributed by atoms with van der Waals surface area (Å²) in [4.78, 5) is 29.1. The zero-order chi connectivity index (χ0) is 15.7. The van der Waals surface area contributed by atoms with Crippen LogP contribution in [0.3, 0.4) is 0 Å². The topological polar surface area (TPSA) is 121 Å². The number of phenolic OH excluding ortho intramolecular Hbond substituents is 1. The molecule has 8 nitrogen and oxygen atoms in total. The summed E-state index contributed by atoms with van der Waals surface area (Å²) in [6.07, 6.45) is 1.51. The van der Waals surface area contributed by atoms with Gasteiger partial charge in [0.2, 0.25) is 0 Å². The monoisotopic (exact) mass is 298 g/mol. The number of rotatable bonds is 3. The molecule has 0 atom stereocenters. The van der Waals surface area contributed by atoms with Crippen LogP contribution < -0.4 is 5.32 Å². The molecule has 0 radical (unpaired) electrons. The third-order valence-electron chi connectivity index (χ3n) is 3.13. The lowest BCUT2D eigenvalue weighted by molar-refractivity contribution is -0.385. The number of fused-ring (bicyclic) bond motifs is 1. The van der Waals surface area contributed by atoms with E-state index < -0.39 is 22.3 Å². The molecule has 0 saturated carbocycles. The van der Waals surface area contributed by atoms with Crippen molar-refractivity contribution in [2.24, 2.45) is 0 Å². The van der Waals surface area contributed by atoms with Crippen LogP contribution in [0.1, 0.15) is 10.4 Å². The van der Waals surface area contributed by atoms with Crippen molar-refractivity contribution in [2.75, 3.05) is 5.32 Å². The number of para-hydroxylation sites is 1. The van der Waals surface area contributed by atoms with E-state index in [1.807, 2.05) is 6.07 Å². The van der Waals surface area contributed by atoms with Gasteiger partial charge in [-0.25, -0.2) is 4.98 Å². The molecule has 0 fully saturated rings. The Bertz CT molecular complexity index is 887. The van der Waals surface area contributed by atoms with Crippen molar-refractivity contribution in [1.82, 2.24) is 9.97 Å². The van der Waals surface area contributed by atoms with Gasteiger partial charge < -0.3 is 15.4 Å². The second-order valence-corrected chi connectivity index (χ2v) is 4.52. The van der Waals surface area contributed by atoms with Crippen LogP contribution in [-0.4, -0.2) is 25.9 Å². The van der Waals surface area contributed by atoms with Crippen molar-refractivity contribution in [1.29, 1.82) is 0 Å². The summed E-state index contributed by atoms with van der Waals surface area (Å²) in [5, 5.41) is 22.9. The number of carbonyl (C=O) groups is 1. The van der Waals surface area contributed by atoms with E-state index in [9.17, 15) is 20.0 Å². The molecule has 3 N–H and O–H groups in total. The van der Waals surface area contributed by atoms with Crippen LogP contribution in [0.15, 0.2) is 42.7 Å². The van der Waals surface area contributed by atoms with Crippen LogP contribution in [-0.2, 0) is 0 Å². The Morgan fingerprint density at radius 2 is 2.14 bits per heavy atom. The molecule has 0 aliphatic carbocycles. The highest BCUT2D eigenvalue weighted by Crippen LogP contribution is 2.27. The molecule has 3 rings (SSSR count). The highest BCUT2D eigenvalue weighted by molar-refractivity contribution is 6.08. The van der Waals surface area contributed by atoms with Gasteiger partial charge in [-0.05, 0) is 24.3 Å². The van der Waals surface area contributed by atoms with E-state index >= 15 is 0 Å². The van der Waals surface area contributed by atoms with Crippen LogP contribution in [0.2, 0.25) is 0 Å². The molecule has 2 aromatic carbocycles. The molecule has 3 aromatic rings. The van der Waals surface area contributed by atoms with Gasteiger partial charge in [-0.1, -0.05) is 6.07 Å². The second kappa shape index (κ2) is 5.17. The van der Waals surface area contributed by atoms with E-state index in [0.29, 0.717) is 11.2 Å². The third-order valence-corrected chi connectivity index (χ3v) is 3.13. The summed E-state index contributed by atoms with van der Waals surface area (Å²) in [7, 11) is 0. The molecule has 0 unspecified atom stereocenters. The van der Waals surface area contributed by atoms with Gasteiger partial charge in [-0.3, -0.25) is 14.9 Å². The highest BCUT2D eigenvalue weighted by Gasteiger charge is 2.16. The fourth-order valence-electron chi connectivity index (χ4n) is 2.08. The summed E-state index contributed by atoms with van der Waals surface area (Å²) in [5.74, 6) is -1.06. The smallest absolute Gasteiger partial charge is 0.310 e. The maximum Gasteiger partial charge on any atom is 0.310 e. The number of H-pyrrole nitrogens is 1. The number of nitro benzene ring substituents is 1. The van der Waals surface area contributed by atoms with Gasteiger partial charge in [0.1, 0.15) is 5.52 Å². The number of anilines is 1. The van der Waals surface area contributed by atoms with E-state index in [-0.39, 0.29) is 5.56 Å². The largest absolute Gasteiger partial charge is 0.502 e. The fraction of sp³-hybridized carbons (Fsp3) is 0. The number of aromatic amines is 1. The number of aromatic hydroxyl groups is 1. The number of hydrogen-bond donors (Lipinski definition) is 3. The lowest BCUT2D eigenvalue weighted by atomic mass is 10.1. The zero-order valence-electron chi connectivity index (χ0n) is 11.1. The molecule has 110 valence electrons. The number of amides is 1. The van der Waals surface area contributed by atoms with Crippen molar-refractivity contribution in [3.63, 3.8) is 0 Å². The molecule has 0 saturated heterocycles. The summed E-state index contributed by atoms with van der Waals surface area (Å²) in [5.41, 5.74) is 1.52. The molecular weight excluding hydrogens is 288 g/mol.